The van der Waals surface area contributed by atoms with Crippen molar-refractivity contribution in [2.75, 3.05) is 7.05 Å². The van der Waals surface area contributed by atoms with E-state index in [-0.39, 0.29) is 6.04 Å². The van der Waals surface area contributed by atoms with Crippen LogP contribution in [0.3, 0.4) is 0 Å². The van der Waals surface area contributed by atoms with Crippen molar-refractivity contribution in [2.45, 2.75) is 25.8 Å². The molecule has 1 aromatic carbocycles. The first-order chi connectivity index (χ1) is 9.97. The first-order valence-electron chi connectivity index (χ1n) is 6.80. The summed E-state index contributed by atoms with van der Waals surface area (Å²) in [5, 5.41) is 8.67. The van der Waals surface area contributed by atoms with E-state index in [1.54, 1.807) is 0 Å². The first kappa shape index (κ1) is 17.0. The van der Waals surface area contributed by atoms with Gasteiger partial charge < -0.3 is 5.32 Å². The lowest BCUT2D eigenvalue weighted by molar-refractivity contribution is 0.560. The Kier molecular flexibility index (Phi) is 5.88. The van der Waals surface area contributed by atoms with Gasteiger partial charge in [-0.2, -0.15) is 5.10 Å². The lowest BCUT2D eigenvalue weighted by Crippen LogP contribution is -2.20. The summed E-state index contributed by atoms with van der Waals surface area (Å²) >= 11 is 13.5. The van der Waals surface area contributed by atoms with Crippen LogP contribution in [0.25, 0.3) is 0 Å². The largest absolute Gasteiger partial charge is 0.313 e. The predicted octanol–water partition coefficient (Wildman–Crippen LogP) is 4.66. The van der Waals surface area contributed by atoms with Crippen LogP contribution in [0.1, 0.15) is 29.9 Å². The van der Waals surface area contributed by atoms with E-state index >= 15 is 0 Å². The summed E-state index contributed by atoms with van der Waals surface area (Å²) in [6, 6.07) is 6.06. The van der Waals surface area contributed by atoms with Gasteiger partial charge in [-0.3, -0.25) is 4.68 Å². The number of benzene rings is 1. The van der Waals surface area contributed by atoms with Crippen molar-refractivity contribution >= 4 is 43.5 Å². The first-order valence-corrected chi connectivity index (χ1v) is 8.76. The molecule has 0 amide bonds. The summed E-state index contributed by atoms with van der Waals surface area (Å²) in [6.07, 6.45) is 1.73. The fourth-order valence-electron chi connectivity index (χ4n) is 2.38. The molecular formula is C15H18Br2ClN3. The Balaban J connectivity index is 2.36. The summed E-state index contributed by atoms with van der Waals surface area (Å²) < 4.78 is 4.07. The molecular weight excluding hydrogens is 417 g/mol. The Morgan fingerprint density at radius 1 is 1.38 bits per heavy atom. The third kappa shape index (κ3) is 3.70. The zero-order chi connectivity index (χ0) is 15.6. The van der Waals surface area contributed by atoms with Gasteiger partial charge in [-0.25, -0.2) is 0 Å². The van der Waals surface area contributed by atoms with Gasteiger partial charge in [0.15, 0.2) is 0 Å². The molecule has 1 unspecified atom stereocenters. The number of aryl methyl sites for hydroxylation is 2. The quantitative estimate of drug-likeness (QED) is 0.740. The van der Waals surface area contributed by atoms with Crippen LogP contribution in [0.2, 0.25) is 5.02 Å². The standard InChI is InChI=1S/C15H18Br2ClN3/c1-4-12-15(17)14(21(3)20-12)8-13(19-2)10-7-9(16)5-6-11(10)18/h5-7,13,19H,4,8H2,1-3H3. The molecule has 114 valence electrons. The molecule has 1 atom stereocenters. The van der Waals surface area contributed by atoms with Gasteiger partial charge >= 0.3 is 0 Å². The number of hydrogen-bond donors (Lipinski definition) is 1. The van der Waals surface area contributed by atoms with Gasteiger partial charge in [-0.1, -0.05) is 34.5 Å². The van der Waals surface area contributed by atoms with Crippen LogP contribution in [-0.4, -0.2) is 16.8 Å². The molecule has 0 saturated heterocycles. The van der Waals surface area contributed by atoms with E-state index in [0.29, 0.717) is 0 Å². The molecule has 1 N–H and O–H groups in total. The van der Waals surface area contributed by atoms with Crippen molar-refractivity contribution in [1.82, 2.24) is 15.1 Å². The van der Waals surface area contributed by atoms with Crippen LogP contribution < -0.4 is 5.32 Å². The number of halogens is 3. The van der Waals surface area contributed by atoms with E-state index in [2.05, 4.69) is 55.3 Å². The van der Waals surface area contributed by atoms with Crippen molar-refractivity contribution < 1.29 is 0 Å². The highest BCUT2D eigenvalue weighted by Crippen LogP contribution is 2.31. The van der Waals surface area contributed by atoms with Gasteiger partial charge in [0, 0.05) is 29.0 Å². The topological polar surface area (TPSA) is 29.9 Å². The average molecular weight is 436 g/mol. The van der Waals surface area contributed by atoms with Gasteiger partial charge in [-0.05, 0) is 53.2 Å². The minimum atomic E-state index is 0.131. The van der Waals surface area contributed by atoms with Crippen molar-refractivity contribution in [2.24, 2.45) is 7.05 Å². The Bertz CT molecular complexity index is 640. The molecule has 0 aliphatic heterocycles. The van der Waals surface area contributed by atoms with Crippen molar-refractivity contribution in [1.29, 1.82) is 0 Å². The fraction of sp³-hybridized carbons (Fsp3) is 0.400. The van der Waals surface area contributed by atoms with Crippen molar-refractivity contribution in [3.63, 3.8) is 0 Å². The van der Waals surface area contributed by atoms with E-state index < -0.39 is 0 Å². The lowest BCUT2D eigenvalue weighted by atomic mass is 10.0. The maximum Gasteiger partial charge on any atom is 0.0766 e. The number of nitrogens with zero attached hydrogens (tertiary/aromatic N) is 2. The van der Waals surface area contributed by atoms with Crippen LogP contribution in [0.5, 0.6) is 0 Å². The Labute approximate surface area is 147 Å². The molecule has 2 aromatic rings. The number of nitrogens with one attached hydrogen (secondary N) is 1. The van der Waals surface area contributed by atoms with Gasteiger partial charge in [-0.15, -0.1) is 0 Å². The van der Waals surface area contributed by atoms with E-state index in [1.807, 2.05) is 30.9 Å². The highest BCUT2D eigenvalue weighted by atomic mass is 79.9. The van der Waals surface area contributed by atoms with Gasteiger partial charge in [0.05, 0.1) is 15.9 Å². The maximum atomic E-state index is 6.35. The number of hydrogen-bond acceptors (Lipinski definition) is 2. The smallest absolute Gasteiger partial charge is 0.0766 e. The second kappa shape index (κ2) is 7.27. The summed E-state index contributed by atoms with van der Waals surface area (Å²) in [7, 11) is 3.93. The molecule has 0 radical (unpaired) electrons. The Morgan fingerprint density at radius 3 is 2.67 bits per heavy atom. The molecule has 0 bridgehead atoms. The van der Waals surface area contributed by atoms with Gasteiger partial charge in [0.2, 0.25) is 0 Å². The summed E-state index contributed by atoms with van der Waals surface area (Å²) in [4.78, 5) is 0. The highest BCUT2D eigenvalue weighted by molar-refractivity contribution is 9.10. The van der Waals surface area contributed by atoms with E-state index in [9.17, 15) is 0 Å². The van der Waals surface area contributed by atoms with Crippen LogP contribution in [0.15, 0.2) is 27.1 Å². The lowest BCUT2D eigenvalue weighted by Gasteiger charge is -2.19. The molecule has 2 rings (SSSR count). The minimum Gasteiger partial charge on any atom is -0.313 e. The number of rotatable bonds is 5. The molecule has 0 saturated carbocycles. The van der Waals surface area contributed by atoms with E-state index in [4.69, 9.17) is 11.6 Å². The minimum absolute atomic E-state index is 0.131. The summed E-state index contributed by atoms with van der Waals surface area (Å²) in [6.45, 7) is 2.11. The normalized spacial score (nSPS) is 12.7. The maximum absolute atomic E-state index is 6.35. The van der Waals surface area contributed by atoms with Crippen molar-refractivity contribution in [3.05, 3.63) is 49.1 Å². The number of aromatic nitrogens is 2. The molecule has 0 aliphatic rings. The van der Waals surface area contributed by atoms with E-state index in [1.165, 1.54) is 5.69 Å². The monoisotopic (exact) mass is 433 g/mol. The molecule has 1 heterocycles. The molecule has 3 nitrogen and oxygen atoms in total. The van der Waals surface area contributed by atoms with Gasteiger partial charge in [0.25, 0.3) is 0 Å². The third-order valence-corrected chi connectivity index (χ3v) is 5.34. The second-order valence-corrected chi connectivity index (χ2v) is 7.01. The fourth-order valence-corrected chi connectivity index (χ4v) is 3.79. The summed E-state index contributed by atoms with van der Waals surface area (Å²) in [5.41, 5.74) is 3.34. The molecule has 6 heteroatoms. The second-order valence-electron chi connectivity index (χ2n) is 4.90. The Hall–Kier alpha value is -0.360. The van der Waals surface area contributed by atoms with Crippen molar-refractivity contribution in [3.8, 4) is 0 Å². The SMILES string of the molecule is CCc1nn(C)c(CC(NC)c2cc(Br)ccc2Cl)c1Br. The van der Waals surface area contributed by atoms with Crippen LogP contribution in [-0.2, 0) is 19.9 Å². The molecule has 0 aliphatic carbocycles. The number of likely N-dealkylation sites (N-methyl/N-ethyl adjacent to an activating group) is 1. The third-order valence-electron chi connectivity index (χ3n) is 3.58. The van der Waals surface area contributed by atoms with Gasteiger partial charge in [0.1, 0.15) is 0 Å². The molecule has 0 spiro atoms. The zero-order valence-electron chi connectivity index (χ0n) is 12.3. The summed E-state index contributed by atoms with van der Waals surface area (Å²) in [5.74, 6) is 0. The highest BCUT2D eigenvalue weighted by Gasteiger charge is 2.20. The Morgan fingerprint density at radius 2 is 2.10 bits per heavy atom. The molecule has 0 fully saturated rings. The van der Waals surface area contributed by atoms with Crippen LogP contribution in [0.4, 0.5) is 0 Å². The van der Waals surface area contributed by atoms with E-state index in [0.717, 1.165) is 38.1 Å². The van der Waals surface area contributed by atoms with Crippen LogP contribution in [0, 0.1) is 0 Å². The predicted molar refractivity (Wildman–Crippen MR) is 94.9 cm³/mol. The van der Waals surface area contributed by atoms with Crippen LogP contribution >= 0.6 is 43.5 Å². The zero-order valence-corrected chi connectivity index (χ0v) is 16.2. The molecule has 1 aromatic heterocycles. The molecule has 21 heavy (non-hydrogen) atoms. The average Bonchev–Trinajstić information content (AvgIpc) is 2.74.